The molecule has 15 heteroatoms. The maximum Gasteiger partial charge on any atom is 0.262 e. The number of nitrogens with zero attached hydrogens (tertiary/aromatic N) is 7. The zero-order valence-corrected chi connectivity index (χ0v) is 40.2. The van der Waals surface area contributed by atoms with Gasteiger partial charge >= 0.3 is 0 Å². The van der Waals surface area contributed by atoms with Crippen molar-refractivity contribution in [2.24, 2.45) is 0 Å². The number of aromatic nitrogens is 3. The second kappa shape index (κ2) is 21.5. The Hall–Kier alpha value is -8.06. The topological polar surface area (TPSA) is 170 Å². The SMILES string of the molecule is CNc1nc(-c2cnc3ccccc3c2)nc2c1CCN(C(=O)c1ccc(/C=C/c3ccc(C#CCN4CCN(CCCCCOc5ccc6c(c5)C(=O)N([C@H]5CCC(=O)NC5=O)C6=O)CC4)cc3)cc1)C2. The van der Waals surface area contributed by atoms with Gasteiger partial charge in [-0.25, -0.2) is 9.97 Å². The summed E-state index contributed by atoms with van der Waals surface area (Å²) in [5, 5.41) is 6.48. The van der Waals surface area contributed by atoms with E-state index in [2.05, 4.69) is 67.6 Å². The van der Waals surface area contributed by atoms with Crippen molar-refractivity contribution in [3.05, 3.63) is 148 Å². The minimum atomic E-state index is -0.990. The Bertz CT molecular complexity index is 3150. The maximum atomic E-state index is 13.7. The van der Waals surface area contributed by atoms with Crippen LogP contribution >= 0.6 is 0 Å². The van der Waals surface area contributed by atoms with E-state index < -0.39 is 29.7 Å². The monoisotopic (exact) mass is 961 g/mol. The van der Waals surface area contributed by atoms with E-state index in [1.54, 1.807) is 24.4 Å². The number of fused-ring (bicyclic) bond motifs is 3. The number of benzene rings is 4. The van der Waals surface area contributed by atoms with Gasteiger partial charge in [0.1, 0.15) is 17.6 Å². The fourth-order valence-corrected chi connectivity index (χ4v) is 9.69. The van der Waals surface area contributed by atoms with Crippen LogP contribution in [0.4, 0.5) is 5.82 Å². The number of amides is 5. The number of rotatable bonds is 14. The Labute approximate surface area is 418 Å². The average Bonchev–Trinajstić information content (AvgIpc) is 3.66. The van der Waals surface area contributed by atoms with Crippen LogP contribution in [0.25, 0.3) is 34.4 Å². The molecule has 6 aromatic rings. The number of carbonyl (C=O) groups excluding carboxylic acids is 5. The summed E-state index contributed by atoms with van der Waals surface area (Å²) in [6, 6.07) is 29.8. The summed E-state index contributed by atoms with van der Waals surface area (Å²) in [6.45, 7) is 7.18. The Morgan fingerprint density at radius 1 is 0.806 bits per heavy atom. The first-order valence-electron chi connectivity index (χ1n) is 24.7. The van der Waals surface area contributed by atoms with Crippen molar-refractivity contribution in [3.8, 4) is 29.0 Å². The molecule has 2 saturated heterocycles. The number of imide groups is 2. The van der Waals surface area contributed by atoms with E-state index in [1.807, 2.05) is 72.6 Å². The Morgan fingerprint density at radius 2 is 1.56 bits per heavy atom. The minimum Gasteiger partial charge on any atom is -0.494 e. The summed E-state index contributed by atoms with van der Waals surface area (Å²) in [5.74, 6) is 6.44. The summed E-state index contributed by atoms with van der Waals surface area (Å²) in [6.07, 6.45) is 9.70. The van der Waals surface area contributed by atoms with E-state index in [0.29, 0.717) is 43.3 Å². The minimum absolute atomic E-state index is 0.0253. The molecular formula is C57H55N9O6. The summed E-state index contributed by atoms with van der Waals surface area (Å²) >= 11 is 0. The standard InChI is InChI=1S/C57H55N9O6/c1-58-53-46-25-28-65(37-49(46)60-52(62-53)43-34-42-9-3-4-10-48(42)59-36-43)55(69)41-19-17-40(18-20-41)16-15-39-13-11-38(12-14-39)8-7-27-64-31-29-63(30-32-64)26-5-2-6-33-72-44-21-22-45-47(35-44)57(71)66(56(45)70)50-23-24-51(67)61-54(50)68/h3-4,9-22,34-36,50H,2,5-6,23-33,37H2,1H3,(H,58,60,62)(H,61,67,68)/b16-15+/t50-/m0/s1. The number of para-hydroxylation sites is 1. The van der Waals surface area contributed by atoms with E-state index in [1.165, 1.54) is 0 Å². The number of piperazine rings is 1. The molecular weight excluding hydrogens is 907 g/mol. The Balaban J connectivity index is 0.624. The normalized spacial score (nSPS) is 17.2. The quantitative estimate of drug-likeness (QED) is 0.0512. The third-order valence-electron chi connectivity index (χ3n) is 13.8. The smallest absolute Gasteiger partial charge is 0.262 e. The molecule has 0 unspecified atom stereocenters. The first-order valence-corrected chi connectivity index (χ1v) is 24.7. The fourth-order valence-electron chi connectivity index (χ4n) is 9.69. The third kappa shape index (κ3) is 10.7. The first kappa shape index (κ1) is 47.6. The van der Waals surface area contributed by atoms with Gasteiger partial charge in [-0.15, -0.1) is 0 Å². The number of hydrogen-bond acceptors (Lipinski definition) is 12. The van der Waals surface area contributed by atoms with Gasteiger partial charge < -0.3 is 19.9 Å². The van der Waals surface area contributed by atoms with E-state index in [9.17, 15) is 24.0 Å². The van der Waals surface area contributed by atoms with E-state index >= 15 is 0 Å². The van der Waals surface area contributed by atoms with Crippen molar-refractivity contribution >= 4 is 58.4 Å². The van der Waals surface area contributed by atoms with Crippen LogP contribution in [0.15, 0.2) is 103 Å². The molecule has 2 fully saturated rings. The average molecular weight is 962 g/mol. The molecule has 2 N–H and O–H groups in total. The van der Waals surface area contributed by atoms with Gasteiger partial charge in [-0.3, -0.25) is 44.1 Å². The molecule has 1 atom stereocenters. The van der Waals surface area contributed by atoms with Crippen LogP contribution in [0.5, 0.6) is 5.75 Å². The van der Waals surface area contributed by atoms with Crippen LogP contribution in [0.2, 0.25) is 0 Å². The molecule has 4 aromatic carbocycles. The number of nitrogens with one attached hydrogen (secondary N) is 2. The first-order chi connectivity index (χ1) is 35.2. The number of hydrogen-bond donors (Lipinski definition) is 2. The van der Waals surface area contributed by atoms with Gasteiger partial charge in [0, 0.05) is 80.0 Å². The van der Waals surface area contributed by atoms with Gasteiger partial charge in [0.25, 0.3) is 17.7 Å². The predicted molar refractivity (Wildman–Crippen MR) is 275 cm³/mol. The van der Waals surface area contributed by atoms with Gasteiger partial charge in [0.05, 0.1) is 42.0 Å². The molecule has 0 spiro atoms. The predicted octanol–water partition coefficient (Wildman–Crippen LogP) is 6.72. The third-order valence-corrected chi connectivity index (χ3v) is 13.8. The van der Waals surface area contributed by atoms with Crippen LogP contribution in [-0.4, -0.2) is 130 Å². The van der Waals surface area contributed by atoms with E-state index in [4.69, 9.17) is 14.7 Å². The number of ether oxygens (including phenoxy) is 1. The molecule has 4 aliphatic rings. The lowest BCUT2D eigenvalue weighted by Gasteiger charge is -2.33. The molecule has 0 saturated carbocycles. The number of unbranched alkanes of at least 4 members (excludes halogenated alkanes) is 2. The van der Waals surface area contributed by atoms with Crippen LogP contribution in [-0.2, 0) is 22.6 Å². The molecule has 2 aromatic heterocycles. The summed E-state index contributed by atoms with van der Waals surface area (Å²) < 4.78 is 5.93. The van der Waals surface area contributed by atoms with Crippen molar-refractivity contribution in [3.63, 3.8) is 0 Å². The number of pyridine rings is 1. The number of anilines is 1. The Kier molecular flexibility index (Phi) is 14.2. The molecule has 4 aliphatic heterocycles. The molecule has 0 bridgehead atoms. The van der Waals surface area contributed by atoms with Gasteiger partial charge in [0.15, 0.2) is 5.82 Å². The maximum absolute atomic E-state index is 13.7. The fraction of sp³-hybridized carbons (Fsp3) is 0.298. The summed E-state index contributed by atoms with van der Waals surface area (Å²) in [5.41, 5.74) is 7.77. The van der Waals surface area contributed by atoms with Gasteiger partial charge in [-0.1, -0.05) is 66.5 Å². The van der Waals surface area contributed by atoms with Crippen molar-refractivity contribution < 1.29 is 28.7 Å². The van der Waals surface area contributed by atoms with Gasteiger partial charge in [-0.2, -0.15) is 0 Å². The van der Waals surface area contributed by atoms with Crippen LogP contribution in [0, 0.1) is 11.8 Å². The highest BCUT2D eigenvalue weighted by molar-refractivity contribution is 6.23. The molecule has 0 radical (unpaired) electrons. The Morgan fingerprint density at radius 3 is 2.33 bits per heavy atom. The van der Waals surface area contributed by atoms with Gasteiger partial charge in [0.2, 0.25) is 11.8 Å². The number of piperidine rings is 1. The van der Waals surface area contributed by atoms with Gasteiger partial charge in [-0.05, 0) is 104 Å². The second-order valence-electron chi connectivity index (χ2n) is 18.5. The molecule has 72 heavy (non-hydrogen) atoms. The van der Waals surface area contributed by atoms with Crippen molar-refractivity contribution in [2.45, 2.75) is 51.1 Å². The molecule has 364 valence electrons. The lowest BCUT2D eigenvalue weighted by atomic mass is 10.0. The summed E-state index contributed by atoms with van der Waals surface area (Å²) in [4.78, 5) is 85.8. The van der Waals surface area contributed by atoms with E-state index in [0.717, 1.165) is 114 Å². The van der Waals surface area contributed by atoms with Crippen LogP contribution in [0.1, 0.15) is 91.1 Å². The lowest BCUT2D eigenvalue weighted by Crippen LogP contribution is -2.54. The highest BCUT2D eigenvalue weighted by Gasteiger charge is 2.44. The van der Waals surface area contributed by atoms with Crippen molar-refractivity contribution in [2.75, 3.05) is 64.8 Å². The van der Waals surface area contributed by atoms with Crippen LogP contribution in [0.3, 0.4) is 0 Å². The molecule has 6 heterocycles. The largest absolute Gasteiger partial charge is 0.494 e. The number of carbonyl (C=O) groups is 5. The molecule has 0 aliphatic carbocycles. The van der Waals surface area contributed by atoms with Crippen molar-refractivity contribution in [1.82, 2.24) is 39.9 Å². The zero-order chi connectivity index (χ0) is 49.6. The highest BCUT2D eigenvalue weighted by atomic mass is 16.5. The zero-order valence-electron chi connectivity index (χ0n) is 40.2. The highest BCUT2D eigenvalue weighted by Crippen LogP contribution is 2.32. The molecule has 5 amide bonds. The molecule has 15 nitrogen and oxygen atoms in total. The molecule has 10 rings (SSSR count). The second-order valence-corrected chi connectivity index (χ2v) is 18.5. The lowest BCUT2D eigenvalue weighted by molar-refractivity contribution is -0.136. The van der Waals surface area contributed by atoms with E-state index in [-0.39, 0.29) is 29.9 Å². The summed E-state index contributed by atoms with van der Waals surface area (Å²) in [7, 11) is 1.87. The van der Waals surface area contributed by atoms with Crippen LogP contribution < -0.4 is 15.4 Å². The van der Waals surface area contributed by atoms with Crippen molar-refractivity contribution in [1.29, 1.82) is 0 Å².